The second kappa shape index (κ2) is 4.84. The highest BCUT2D eigenvalue weighted by Crippen LogP contribution is 2.24. The Hall–Kier alpha value is -1.78. The summed E-state index contributed by atoms with van der Waals surface area (Å²) in [6, 6.07) is 2.87. The Morgan fingerprint density at radius 2 is 1.94 bits per heavy atom. The summed E-state index contributed by atoms with van der Waals surface area (Å²) in [4.78, 5) is 27.7. The first kappa shape index (κ1) is 12.7. The maximum Gasteiger partial charge on any atom is 0.254 e. The van der Waals surface area contributed by atoms with Crippen LogP contribution in [0.2, 0.25) is 0 Å². The summed E-state index contributed by atoms with van der Waals surface area (Å²) in [5.74, 6) is -0.459. The first-order valence-electron chi connectivity index (χ1n) is 6.25. The van der Waals surface area contributed by atoms with Crippen LogP contribution in [0.1, 0.15) is 43.5 Å². The van der Waals surface area contributed by atoms with Gasteiger partial charge in [-0.15, -0.1) is 0 Å². The molecule has 5 heteroatoms. The van der Waals surface area contributed by atoms with Gasteiger partial charge in [0.25, 0.3) is 11.5 Å². The van der Waals surface area contributed by atoms with Crippen LogP contribution in [0.15, 0.2) is 16.9 Å². The van der Waals surface area contributed by atoms with Gasteiger partial charge >= 0.3 is 0 Å². The molecule has 2 rings (SSSR count). The maximum atomic E-state index is 12.4. The van der Waals surface area contributed by atoms with Gasteiger partial charge in [0.05, 0.1) is 5.56 Å². The minimum atomic E-state index is -0.462. The SMILES string of the molecule is CC1CCCC(C)N1C(=O)c1cc(O)[nH]c(=O)c1. The molecule has 98 valence electrons. The van der Waals surface area contributed by atoms with E-state index in [0.29, 0.717) is 0 Å². The van der Waals surface area contributed by atoms with Crippen molar-refractivity contribution in [1.29, 1.82) is 0 Å². The lowest BCUT2D eigenvalue weighted by Crippen LogP contribution is -2.47. The molecule has 1 saturated heterocycles. The summed E-state index contributed by atoms with van der Waals surface area (Å²) in [5, 5.41) is 9.35. The predicted molar refractivity (Wildman–Crippen MR) is 67.7 cm³/mol. The van der Waals surface area contributed by atoms with Gasteiger partial charge in [-0.25, -0.2) is 0 Å². The molecule has 18 heavy (non-hydrogen) atoms. The molecule has 5 nitrogen and oxygen atoms in total. The Labute approximate surface area is 105 Å². The number of aromatic hydroxyl groups is 1. The first-order valence-corrected chi connectivity index (χ1v) is 6.25. The maximum absolute atomic E-state index is 12.4. The number of rotatable bonds is 1. The monoisotopic (exact) mass is 250 g/mol. The van der Waals surface area contributed by atoms with Crippen LogP contribution in [0.3, 0.4) is 0 Å². The largest absolute Gasteiger partial charge is 0.494 e. The van der Waals surface area contributed by atoms with E-state index < -0.39 is 5.56 Å². The number of aromatic amines is 1. The number of carbonyl (C=O) groups is 1. The number of aromatic nitrogens is 1. The molecule has 0 saturated carbocycles. The van der Waals surface area contributed by atoms with Crippen molar-refractivity contribution in [2.75, 3.05) is 0 Å². The number of likely N-dealkylation sites (tertiary alicyclic amines) is 1. The Balaban J connectivity index is 2.32. The van der Waals surface area contributed by atoms with Crippen LogP contribution < -0.4 is 5.56 Å². The van der Waals surface area contributed by atoms with Crippen molar-refractivity contribution in [2.24, 2.45) is 0 Å². The first-order chi connectivity index (χ1) is 8.49. The van der Waals surface area contributed by atoms with Gasteiger partial charge in [-0.1, -0.05) is 0 Å². The number of nitrogens with zero attached hydrogens (tertiary/aromatic N) is 1. The van der Waals surface area contributed by atoms with Gasteiger partial charge in [-0.2, -0.15) is 0 Å². The van der Waals surface area contributed by atoms with E-state index in [1.165, 1.54) is 12.1 Å². The van der Waals surface area contributed by atoms with E-state index in [1.54, 1.807) is 4.90 Å². The number of nitrogens with one attached hydrogen (secondary N) is 1. The molecular weight excluding hydrogens is 232 g/mol. The number of amides is 1. The molecule has 0 spiro atoms. The number of H-pyrrole nitrogens is 1. The summed E-state index contributed by atoms with van der Waals surface area (Å²) >= 11 is 0. The summed E-state index contributed by atoms with van der Waals surface area (Å²) in [7, 11) is 0. The Morgan fingerprint density at radius 3 is 2.50 bits per heavy atom. The van der Waals surface area contributed by atoms with Crippen LogP contribution in [0.4, 0.5) is 0 Å². The summed E-state index contributed by atoms with van der Waals surface area (Å²) in [6.07, 6.45) is 3.07. The molecule has 1 fully saturated rings. The number of piperidine rings is 1. The fraction of sp³-hybridized carbons (Fsp3) is 0.538. The molecule has 1 amide bonds. The van der Waals surface area contributed by atoms with E-state index >= 15 is 0 Å². The standard InChI is InChI=1S/C13H18N2O3/c1-8-4-3-5-9(2)15(8)13(18)10-6-11(16)14-12(17)7-10/h6-9H,3-5H2,1-2H3,(H2,14,16,17). The van der Waals surface area contributed by atoms with Crippen molar-refractivity contribution in [1.82, 2.24) is 9.88 Å². The summed E-state index contributed by atoms with van der Waals surface area (Å²) < 4.78 is 0. The van der Waals surface area contributed by atoms with Crippen LogP contribution in [-0.4, -0.2) is 33.0 Å². The smallest absolute Gasteiger partial charge is 0.254 e. The Bertz CT molecular complexity index is 499. The molecule has 2 N–H and O–H groups in total. The van der Waals surface area contributed by atoms with E-state index in [2.05, 4.69) is 4.98 Å². The van der Waals surface area contributed by atoms with Crippen LogP contribution >= 0.6 is 0 Å². The van der Waals surface area contributed by atoms with Crippen LogP contribution in [0.25, 0.3) is 0 Å². The topological polar surface area (TPSA) is 73.4 Å². The number of carbonyl (C=O) groups excluding carboxylic acids is 1. The van der Waals surface area contributed by atoms with Crippen LogP contribution in [-0.2, 0) is 0 Å². The van der Waals surface area contributed by atoms with Crippen molar-refractivity contribution >= 4 is 5.91 Å². The molecule has 0 aromatic carbocycles. The lowest BCUT2D eigenvalue weighted by Gasteiger charge is -2.39. The van der Waals surface area contributed by atoms with Crippen molar-refractivity contribution < 1.29 is 9.90 Å². The highest BCUT2D eigenvalue weighted by atomic mass is 16.3. The molecule has 1 aromatic rings. The van der Waals surface area contributed by atoms with Crippen LogP contribution in [0, 0.1) is 0 Å². The van der Waals surface area contributed by atoms with Crippen molar-refractivity contribution in [3.8, 4) is 5.88 Å². The number of hydrogen-bond acceptors (Lipinski definition) is 3. The predicted octanol–water partition coefficient (Wildman–Crippen LogP) is 1.48. The fourth-order valence-electron chi connectivity index (χ4n) is 2.62. The van der Waals surface area contributed by atoms with Gasteiger partial charge in [0.15, 0.2) is 5.88 Å². The number of pyridine rings is 1. The van der Waals surface area contributed by atoms with E-state index in [1.807, 2.05) is 13.8 Å². The zero-order chi connectivity index (χ0) is 13.3. The zero-order valence-electron chi connectivity index (χ0n) is 10.6. The van der Waals surface area contributed by atoms with E-state index in [4.69, 9.17) is 0 Å². The van der Waals surface area contributed by atoms with Gasteiger partial charge in [0.1, 0.15) is 0 Å². The lowest BCUT2D eigenvalue weighted by atomic mass is 9.96. The Kier molecular flexibility index (Phi) is 3.41. The average Bonchev–Trinajstić information content (AvgIpc) is 2.27. The quantitative estimate of drug-likeness (QED) is 0.793. The molecule has 0 radical (unpaired) electrons. The van der Waals surface area contributed by atoms with E-state index in [0.717, 1.165) is 19.3 Å². The molecule has 0 bridgehead atoms. The van der Waals surface area contributed by atoms with Gasteiger partial charge in [-0.3, -0.25) is 14.6 Å². The van der Waals surface area contributed by atoms with Crippen LogP contribution in [0.5, 0.6) is 5.88 Å². The molecule has 2 unspecified atom stereocenters. The second-order valence-electron chi connectivity index (χ2n) is 4.96. The van der Waals surface area contributed by atoms with Crippen molar-refractivity contribution in [3.63, 3.8) is 0 Å². The highest BCUT2D eigenvalue weighted by Gasteiger charge is 2.29. The molecule has 2 heterocycles. The molecular formula is C13H18N2O3. The van der Waals surface area contributed by atoms with E-state index in [-0.39, 0.29) is 29.4 Å². The molecule has 1 aliphatic heterocycles. The minimum absolute atomic E-state index is 0.169. The fourth-order valence-corrected chi connectivity index (χ4v) is 2.62. The molecule has 1 aliphatic rings. The minimum Gasteiger partial charge on any atom is -0.494 e. The van der Waals surface area contributed by atoms with Crippen molar-refractivity contribution in [2.45, 2.75) is 45.2 Å². The summed E-state index contributed by atoms with van der Waals surface area (Å²) in [5.41, 5.74) is -0.215. The second-order valence-corrected chi connectivity index (χ2v) is 4.96. The van der Waals surface area contributed by atoms with Gasteiger partial charge < -0.3 is 10.0 Å². The summed E-state index contributed by atoms with van der Waals surface area (Å²) in [6.45, 7) is 4.03. The normalized spacial score (nSPS) is 24.0. The Morgan fingerprint density at radius 1 is 1.33 bits per heavy atom. The average molecular weight is 250 g/mol. The van der Waals surface area contributed by atoms with E-state index in [9.17, 15) is 14.7 Å². The zero-order valence-corrected chi connectivity index (χ0v) is 10.6. The third kappa shape index (κ3) is 2.39. The van der Waals surface area contributed by atoms with Crippen molar-refractivity contribution in [3.05, 3.63) is 28.0 Å². The third-order valence-corrected chi connectivity index (χ3v) is 3.51. The van der Waals surface area contributed by atoms with Gasteiger partial charge in [0, 0.05) is 24.2 Å². The molecule has 1 aromatic heterocycles. The molecule has 2 atom stereocenters. The third-order valence-electron chi connectivity index (χ3n) is 3.51. The van der Waals surface area contributed by atoms with Gasteiger partial charge in [-0.05, 0) is 33.1 Å². The van der Waals surface area contributed by atoms with Gasteiger partial charge in [0.2, 0.25) is 0 Å². The number of hydrogen-bond donors (Lipinski definition) is 2. The highest BCUT2D eigenvalue weighted by molar-refractivity contribution is 5.94. The lowest BCUT2D eigenvalue weighted by molar-refractivity contribution is 0.0510. The molecule has 0 aliphatic carbocycles.